The van der Waals surface area contributed by atoms with E-state index in [1.54, 1.807) is 7.05 Å². The first-order chi connectivity index (χ1) is 13.6. The van der Waals surface area contributed by atoms with E-state index < -0.39 is 52.2 Å². The van der Waals surface area contributed by atoms with Gasteiger partial charge < -0.3 is 15.2 Å². The molecule has 158 valence electrons. The lowest BCUT2D eigenvalue weighted by atomic mass is 10.0. The summed E-state index contributed by atoms with van der Waals surface area (Å²) >= 11 is 1.86. The minimum atomic E-state index is -4.57. The number of aromatic nitrogens is 4. The summed E-state index contributed by atoms with van der Waals surface area (Å²) in [5.74, 6) is -3.68. The van der Waals surface area contributed by atoms with Crippen LogP contribution in [0.4, 0.5) is 13.2 Å². The molecule has 1 N–H and O–H groups in total. The van der Waals surface area contributed by atoms with Crippen molar-refractivity contribution in [1.82, 2.24) is 30.4 Å². The first-order valence-electron chi connectivity index (χ1n) is 7.81. The van der Waals surface area contributed by atoms with Crippen LogP contribution in [-0.2, 0) is 21.4 Å². The van der Waals surface area contributed by atoms with Crippen LogP contribution in [0.2, 0.25) is 0 Å². The third kappa shape index (κ3) is 4.80. The van der Waals surface area contributed by atoms with E-state index >= 15 is 0 Å². The molecule has 1 aromatic heterocycles. The molecule has 10 nitrogen and oxygen atoms in total. The lowest BCUT2D eigenvalue weighted by Crippen LogP contribution is -2.71. The number of hydrogen-bond acceptors (Lipinski definition) is 10. The van der Waals surface area contributed by atoms with Crippen molar-refractivity contribution in [3.05, 3.63) is 11.3 Å². The fourth-order valence-corrected chi connectivity index (χ4v) is 5.35. The van der Waals surface area contributed by atoms with Crippen molar-refractivity contribution < 1.29 is 32.7 Å². The molecule has 1 saturated heterocycles. The van der Waals surface area contributed by atoms with Gasteiger partial charge in [-0.25, -0.2) is 4.68 Å². The Kier molecular flexibility index (Phi) is 6.33. The molecule has 16 heteroatoms. The number of aryl methyl sites for hydroxylation is 1. The molecule has 1 aromatic rings. The Morgan fingerprint density at radius 3 is 2.72 bits per heavy atom. The molecule has 1 fully saturated rings. The Labute approximate surface area is 174 Å². The predicted octanol–water partition coefficient (Wildman–Crippen LogP) is -1.04. The minimum Gasteiger partial charge on any atom is -0.543 e. The van der Waals surface area contributed by atoms with Crippen molar-refractivity contribution in [2.45, 2.75) is 22.1 Å². The number of tetrazole rings is 1. The Hall–Kier alpha value is -1.94. The summed E-state index contributed by atoms with van der Waals surface area (Å²) in [7, 11) is 1.62. The second-order valence-corrected chi connectivity index (χ2v) is 8.89. The fourth-order valence-electron chi connectivity index (χ4n) is 2.64. The highest BCUT2D eigenvalue weighted by atomic mass is 32.2. The molecule has 2 aliphatic rings. The van der Waals surface area contributed by atoms with Crippen LogP contribution in [0.5, 0.6) is 0 Å². The van der Waals surface area contributed by atoms with Crippen molar-refractivity contribution >= 4 is 53.1 Å². The standard InChI is InChI=1S/C13H13F3N6O4S3/c1-21-12(18-19-20-21)28-3-5-2-27-10-7(9(24)22(10)8(5)11(25)26)17-6(23)4-29-13(14,15)16/h7,10H,2-4H2,1H3,(H,17,23)(H,25,26)/p-1/t7?,10-/m1/s1. The lowest BCUT2D eigenvalue weighted by Gasteiger charge is -2.50. The van der Waals surface area contributed by atoms with E-state index in [-0.39, 0.29) is 17.2 Å². The van der Waals surface area contributed by atoms with Gasteiger partial charge in [-0.2, -0.15) is 13.2 Å². The average Bonchev–Trinajstić information content (AvgIpc) is 3.06. The van der Waals surface area contributed by atoms with Gasteiger partial charge in [0.15, 0.2) is 0 Å². The lowest BCUT2D eigenvalue weighted by molar-refractivity contribution is -0.301. The van der Waals surface area contributed by atoms with Crippen LogP contribution >= 0.6 is 35.3 Å². The number of halogens is 3. The fraction of sp³-hybridized carbons (Fsp3) is 0.538. The number of thioether (sulfide) groups is 3. The summed E-state index contributed by atoms with van der Waals surface area (Å²) in [6, 6.07) is -1.09. The molecule has 1 unspecified atom stereocenters. The molecule has 0 saturated carbocycles. The zero-order chi connectivity index (χ0) is 21.3. The number of amides is 2. The Morgan fingerprint density at radius 2 is 2.14 bits per heavy atom. The quantitative estimate of drug-likeness (QED) is 0.390. The van der Waals surface area contributed by atoms with Crippen LogP contribution in [-0.4, -0.2) is 77.1 Å². The Bertz CT molecular complexity index is 876. The number of carbonyl (C=O) groups is 3. The van der Waals surface area contributed by atoms with Crippen LogP contribution in [0.25, 0.3) is 0 Å². The minimum absolute atomic E-state index is 0.195. The van der Waals surface area contributed by atoms with E-state index in [4.69, 9.17) is 0 Å². The van der Waals surface area contributed by atoms with Crippen molar-refractivity contribution in [3.63, 3.8) is 0 Å². The van der Waals surface area contributed by atoms with Crippen LogP contribution in [0.15, 0.2) is 16.4 Å². The molecule has 2 atom stereocenters. The number of alkyl halides is 3. The van der Waals surface area contributed by atoms with Crippen molar-refractivity contribution in [1.29, 1.82) is 0 Å². The summed E-state index contributed by atoms with van der Waals surface area (Å²) in [5.41, 5.74) is -4.44. The molecular weight excluding hydrogens is 457 g/mol. The van der Waals surface area contributed by atoms with Gasteiger partial charge in [-0.15, -0.1) is 16.9 Å². The molecule has 0 aliphatic carbocycles. The van der Waals surface area contributed by atoms with E-state index in [1.807, 2.05) is 0 Å². The van der Waals surface area contributed by atoms with Gasteiger partial charge in [-0.1, -0.05) is 11.8 Å². The summed E-state index contributed by atoms with van der Waals surface area (Å²) in [6.07, 6.45) is 0. The van der Waals surface area contributed by atoms with E-state index in [9.17, 15) is 32.7 Å². The van der Waals surface area contributed by atoms with Gasteiger partial charge in [0.1, 0.15) is 11.4 Å². The maximum Gasteiger partial charge on any atom is 0.442 e. The zero-order valence-corrected chi connectivity index (χ0v) is 17.0. The van der Waals surface area contributed by atoms with Crippen LogP contribution in [0.1, 0.15) is 0 Å². The monoisotopic (exact) mass is 469 g/mol. The van der Waals surface area contributed by atoms with Gasteiger partial charge in [0.2, 0.25) is 11.1 Å². The number of nitrogens with one attached hydrogen (secondary N) is 1. The number of carboxylic acids is 1. The SMILES string of the molecule is Cn1nnnc1SCC1=C(C(=O)[O-])N2C(=O)C(NC(=O)CSC(F)(F)F)[C@H]2SC1. The molecule has 0 aromatic carbocycles. The highest BCUT2D eigenvalue weighted by molar-refractivity contribution is 8.01. The molecule has 2 amide bonds. The maximum absolute atomic E-state index is 12.4. The zero-order valence-electron chi connectivity index (χ0n) is 14.5. The molecule has 29 heavy (non-hydrogen) atoms. The van der Waals surface area contributed by atoms with Crippen molar-refractivity contribution in [2.24, 2.45) is 7.05 Å². The number of carboxylic acid groups (broad SMARTS) is 1. The first-order valence-corrected chi connectivity index (χ1v) is 10.8. The van der Waals surface area contributed by atoms with Crippen LogP contribution in [0.3, 0.4) is 0 Å². The normalized spacial score (nSPS) is 21.7. The number of nitrogens with zero attached hydrogens (tertiary/aromatic N) is 5. The van der Waals surface area contributed by atoms with Gasteiger partial charge in [0.25, 0.3) is 5.91 Å². The molecular formula is C13H12F3N6O4S3-. The second-order valence-electron chi connectivity index (χ2n) is 5.80. The molecule has 0 bridgehead atoms. The third-order valence-electron chi connectivity index (χ3n) is 3.88. The molecule has 3 rings (SSSR count). The summed E-state index contributed by atoms with van der Waals surface area (Å²) < 4.78 is 38.0. The van der Waals surface area contributed by atoms with E-state index in [0.717, 1.165) is 4.90 Å². The highest BCUT2D eigenvalue weighted by Crippen LogP contribution is 2.41. The van der Waals surface area contributed by atoms with Crippen LogP contribution < -0.4 is 10.4 Å². The largest absolute Gasteiger partial charge is 0.543 e. The number of fused-ring (bicyclic) bond motifs is 1. The van der Waals surface area contributed by atoms with Crippen molar-refractivity contribution in [2.75, 3.05) is 17.3 Å². The smallest absolute Gasteiger partial charge is 0.442 e. The van der Waals surface area contributed by atoms with E-state index in [0.29, 0.717) is 10.7 Å². The molecule has 3 heterocycles. The molecule has 0 radical (unpaired) electrons. The van der Waals surface area contributed by atoms with Gasteiger partial charge in [-0.05, 0) is 27.8 Å². The van der Waals surface area contributed by atoms with Gasteiger partial charge >= 0.3 is 5.51 Å². The first kappa shape index (κ1) is 21.8. The van der Waals surface area contributed by atoms with Gasteiger partial charge in [-0.3, -0.25) is 14.5 Å². The number of carbonyl (C=O) groups excluding carboxylic acids is 3. The van der Waals surface area contributed by atoms with Gasteiger partial charge in [0.05, 0.1) is 17.4 Å². The van der Waals surface area contributed by atoms with E-state index in [1.165, 1.54) is 28.2 Å². The molecule has 2 aliphatic heterocycles. The predicted molar refractivity (Wildman–Crippen MR) is 95.1 cm³/mol. The maximum atomic E-state index is 12.4. The summed E-state index contributed by atoms with van der Waals surface area (Å²) in [6.45, 7) is 0. The highest BCUT2D eigenvalue weighted by Gasteiger charge is 2.52. The van der Waals surface area contributed by atoms with Gasteiger partial charge in [0, 0.05) is 18.6 Å². The number of aliphatic carboxylic acids is 1. The van der Waals surface area contributed by atoms with Crippen molar-refractivity contribution in [3.8, 4) is 0 Å². The second kappa shape index (κ2) is 8.43. The third-order valence-corrected chi connectivity index (χ3v) is 7.05. The number of rotatable bonds is 7. The number of hydrogen-bond donors (Lipinski definition) is 1. The summed E-state index contributed by atoms with van der Waals surface area (Å²) in [5, 5.41) is 24.5. The van der Waals surface area contributed by atoms with E-state index in [2.05, 4.69) is 20.8 Å². The Balaban J connectivity index is 1.67. The summed E-state index contributed by atoms with van der Waals surface area (Å²) in [4.78, 5) is 36.7. The Morgan fingerprint density at radius 1 is 1.41 bits per heavy atom. The average molecular weight is 469 g/mol. The number of β-lactam (4-membered cyclic amide) rings is 1. The van der Waals surface area contributed by atoms with Crippen LogP contribution in [0, 0.1) is 0 Å². The topological polar surface area (TPSA) is 133 Å². The molecule has 0 spiro atoms.